The van der Waals surface area contributed by atoms with E-state index in [1.54, 1.807) is 36.8 Å². The minimum atomic E-state index is -1.10. The van der Waals surface area contributed by atoms with Crippen molar-refractivity contribution in [2.24, 2.45) is 0 Å². The van der Waals surface area contributed by atoms with Gasteiger partial charge in [-0.2, -0.15) is 0 Å². The fourth-order valence-electron chi connectivity index (χ4n) is 4.02. The molecule has 0 radical (unpaired) electrons. The molecule has 7 nitrogen and oxygen atoms in total. The van der Waals surface area contributed by atoms with Gasteiger partial charge in [0.25, 0.3) is 5.91 Å². The molecule has 1 atom stereocenters. The molecule has 174 valence electrons. The molecule has 4 rings (SSSR count). The van der Waals surface area contributed by atoms with Crippen LogP contribution in [0.4, 0.5) is 4.39 Å². The molecule has 2 aromatic carbocycles. The number of nitrogens with zero attached hydrogens (tertiary/aromatic N) is 2. The van der Waals surface area contributed by atoms with Crippen LogP contribution in [0.25, 0.3) is 5.76 Å². The predicted octanol–water partition coefficient (Wildman–Crippen LogP) is 2.32. The van der Waals surface area contributed by atoms with Gasteiger partial charge in [0, 0.05) is 24.1 Å². The number of carbonyl (C=O) groups is 2. The lowest BCUT2D eigenvalue weighted by Crippen LogP contribution is -2.36. The Balaban J connectivity index is 1.70. The number of nitrogens with one attached hydrogen (secondary N) is 1. The van der Waals surface area contributed by atoms with Gasteiger partial charge < -0.3 is 14.7 Å². The number of imidazole rings is 1. The van der Waals surface area contributed by atoms with Crippen LogP contribution in [0.15, 0.2) is 85.5 Å². The molecule has 2 heterocycles. The van der Waals surface area contributed by atoms with E-state index in [9.17, 15) is 19.1 Å². The third-order valence-electron chi connectivity index (χ3n) is 5.63. The number of benzene rings is 2. The minimum Gasteiger partial charge on any atom is -0.872 e. The zero-order valence-electron chi connectivity index (χ0n) is 18.4. The molecule has 0 aliphatic carbocycles. The van der Waals surface area contributed by atoms with Crippen molar-refractivity contribution < 1.29 is 28.4 Å². The van der Waals surface area contributed by atoms with Gasteiger partial charge in [-0.05, 0) is 23.8 Å². The number of aryl methyl sites for hydroxylation is 1. The van der Waals surface area contributed by atoms with Crippen molar-refractivity contribution in [3.8, 4) is 5.75 Å². The van der Waals surface area contributed by atoms with Crippen LogP contribution in [0.5, 0.6) is 5.75 Å². The van der Waals surface area contributed by atoms with Crippen LogP contribution < -0.4 is 14.4 Å². The van der Waals surface area contributed by atoms with Crippen LogP contribution in [-0.2, 0) is 16.1 Å². The van der Waals surface area contributed by atoms with Crippen molar-refractivity contribution in [1.82, 2.24) is 9.88 Å². The SMILES string of the molecule is C=CCOc1ccc(/C([O-])=C2\C(=O)C(=O)N(CCC[n+]3cc[nH]c3)C2c2ccccc2F)cc1. The first-order chi connectivity index (χ1) is 16.5. The van der Waals surface area contributed by atoms with Gasteiger partial charge in [-0.3, -0.25) is 14.6 Å². The number of ketones is 1. The van der Waals surface area contributed by atoms with E-state index in [0.29, 0.717) is 25.3 Å². The maximum absolute atomic E-state index is 14.8. The van der Waals surface area contributed by atoms with Crippen molar-refractivity contribution in [2.75, 3.05) is 13.2 Å². The molecule has 0 saturated carbocycles. The zero-order chi connectivity index (χ0) is 24.1. The summed E-state index contributed by atoms with van der Waals surface area (Å²) in [5, 5.41) is 13.4. The first-order valence-corrected chi connectivity index (χ1v) is 10.9. The molecule has 8 heteroatoms. The molecule has 1 aliphatic rings. The lowest BCUT2D eigenvalue weighted by Gasteiger charge is -2.27. The summed E-state index contributed by atoms with van der Waals surface area (Å²) in [5.74, 6) is -2.37. The Morgan fingerprint density at radius 2 is 1.97 bits per heavy atom. The second kappa shape index (κ2) is 10.2. The Kier molecular flexibility index (Phi) is 6.87. The molecule has 1 N–H and O–H groups in total. The van der Waals surface area contributed by atoms with E-state index in [0.717, 1.165) is 0 Å². The molecule has 1 aliphatic heterocycles. The summed E-state index contributed by atoms with van der Waals surface area (Å²) in [6.07, 6.45) is 7.50. The van der Waals surface area contributed by atoms with Gasteiger partial charge in [-0.1, -0.05) is 48.7 Å². The normalized spacial score (nSPS) is 17.2. The number of Topliss-reactive ketones (excluding diaryl/α,β-unsaturated/α-hetero) is 1. The Morgan fingerprint density at radius 3 is 2.65 bits per heavy atom. The molecule has 0 bridgehead atoms. The number of halogens is 1. The van der Waals surface area contributed by atoms with E-state index in [1.807, 2.05) is 10.8 Å². The van der Waals surface area contributed by atoms with Gasteiger partial charge in [0.2, 0.25) is 12.1 Å². The van der Waals surface area contributed by atoms with Gasteiger partial charge in [-0.15, -0.1) is 0 Å². The molecular formula is C26H24FN3O4. The molecular weight excluding hydrogens is 437 g/mol. The van der Waals surface area contributed by atoms with Crippen LogP contribution in [0, 0.1) is 5.82 Å². The summed E-state index contributed by atoms with van der Waals surface area (Å²) >= 11 is 0. The average Bonchev–Trinajstić information content (AvgIpc) is 3.45. The molecule has 1 amide bonds. The average molecular weight is 461 g/mol. The summed E-state index contributed by atoms with van der Waals surface area (Å²) in [5.41, 5.74) is 0.0858. The van der Waals surface area contributed by atoms with Crippen molar-refractivity contribution in [3.05, 3.63) is 102 Å². The number of H-pyrrole nitrogens is 1. The zero-order valence-corrected chi connectivity index (χ0v) is 18.4. The summed E-state index contributed by atoms with van der Waals surface area (Å²) < 4.78 is 22.1. The summed E-state index contributed by atoms with van der Waals surface area (Å²) in [7, 11) is 0. The highest BCUT2D eigenvalue weighted by Gasteiger charge is 2.44. The van der Waals surface area contributed by atoms with Crippen molar-refractivity contribution in [1.29, 1.82) is 0 Å². The lowest BCUT2D eigenvalue weighted by atomic mass is 9.95. The highest BCUT2D eigenvalue weighted by molar-refractivity contribution is 6.46. The maximum Gasteiger partial charge on any atom is 0.295 e. The molecule has 1 aromatic heterocycles. The van der Waals surface area contributed by atoms with E-state index < -0.39 is 29.3 Å². The van der Waals surface area contributed by atoms with Crippen molar-refractivity contribution >= 4 is 17.4 Å². The van der Waals surface area contributed by atoms with Crippen LogP contribution in [0.2, 0.25) is 0 Å². The first kappa shape index (κ1) is 23.0. The largest absolute Gasteiger partial charge is 0.872 e. The van der Waals surface area contributed by atoms with Gasteiger partial charge in [0.15, 0.2) is 0 Å². The number of ether oxygens (including phenoxy) is 1. The molecule has 3 aromatic rings. The quantitative estimate of drug-likeness (QED) is 0.174. The van der Waals surface area contributed by atoms with Gasteiger partial charge in [0.1, 0.15) is 30.6 Å². The summed E-state index contributed by atoms with van der Waals surface area (Å²) in [4.78, 5) is 30.2. The maximum atomic E-state index is 14.8. The van der Waals surface area contributed by atoms with Crippen molar-refractivity contribution in [2.45, 2.75) is 19.0 Å². The van der Waals surface area contributed by atoms with Gasteiger partial charge in [0.05, 0.1) is 12.6 Å². The Labute approximate surface area is 196 Å². The third kappa shape index (κ3) is 4.61. The molecule has 1 fully saturated rings. The number of hydrogen-bond donors (Lipinski definition) is 1. The third-order valence-corrected chi connectivity index (χ3v) is 5.63. The predicted molar refractivity (Wildman–Crippen MR) is 121 cm³/mol. The first-order valence-electron chi connectivity index (χ1n) is 10.9. The molecule has 1 unspecified atom stereocenters. The van der Waals surface area contributed by atoms with E-state index in [-0.39, 0.29) is 23.2 Å². The van der Waals surface area contributed by atoms with Crippen LogP contribution in [0.1, 0.15) is 23.6 Å². The standard InChI is InChI=1S/C26H24FN3O4/c1-2-16-34-19-10-8-18(9-11-19)24(31)22-23(20-6-3-4-7-21(20)27)30(26(33)25(22)32)14-5-13-29-15-12-28-17-29/h2-4,6-12,15,17,23H,1,5,13-14,16H2,(H,31,32). The Hall–Kier alpha value is -4.20. The number of likely N-dealkylation sites (tertiary alicyclic amines) is 1. The van der Waals surface area contributed by atoms with E-state index in [4.69, 9.17) is 4.74 Å². The number of hydrogen-bond acceptors (Lipinski definition) is 4. The van der Waals surface area contributed by atoms with Gasteiger partial charge in [-0.25, -0.2) is 8.96 Å². The second-order valence-corrected chi connectivity index (χ2v) is 7.82. The molecule has 0 spiro atoms. The smallest absolute Gasteiger partial charge is 0.295 e. The highest BCUT2D eigenvalue weighted by atomic mass is 19.1. The molecule has 34 heavy (non-hydrogen) atoms. The fraction of sp³-hybridized carbons (Fsp3) is 0.192. The number of amides is 1. The summed E-state index contributed by atoms with van der Waals surface area (Å²) in [6.45, 7) is 4.67. The topological polar surface area (TPSA) is 89.3 Å². The lowest BCUT2D eigenvalue weighted by molar-refractivity contribution is -0.695. The number of carbonyl (C=O) groups excluding carboxylic acids is 2. The number of aromatic amines is 1. The van der Waals surface area contributed by atoms with Gasteiger partial charge >= 0.3 is 0 Å². The second-order valence-electron chi connectivity index (χ2n) is 7.82. The monoisotopic (exact) mass is 461 g/mol. The number of rotatable bonds is 9. The molecule has 1 saturated heterocycles. The minimum absolute atomic E-state index is 0.116. The van der Waals surface area contributed by atoms with Crippen LogP contribution in [-0.4, -0.2) is 34.7 Å². The van der Waals surface area contributed by atoms with Crippen LogP contribution >= 0.6 is 0 Å². The highest BCUT2D eigenvalue weighted by Crippen LogP contribution is 2.39. The fourth-order valence-corrected chi connectivity index (χ4v) is 4.02. The van der Waals surface area contributed by atoms with E-state index >= 15 is 0 Å². The summed E-state index contributed by atoms with van der Waals surface area (Å²) in [6, 6.07) is 11.0. The Bertz CT molecular complexity index is 1220. The van der Waals surface area contributed by atoms with Crippen molar-refractivity contribution in [3.63, 3.8) is 0 Å². The van der Waals surface area contributed by atoms with E-state index in [1.165, 1.54) is 35.2 Å². The van der Waals surface area contributed by atoms with Crippen LogP contribution in [0.3, 0.4) is 0 Å². The Morgan fingerprint density at radius 1 is 1.21 bits per heavy atom. The van der Waals surface area contributed by atoms with E-state index in [2.05, 4.69) is 11.6 Å². The number of aromatic nitrogens is 2.